The molecule has 3 aromatic rings. The molecule has 0 aliphatic heterocycles. The Bertz CT molecular complexity index is 957. The van der Waals surface area contributed by atoms with Crippen molar-refractivity contribution in [3.05, 3.63) is 94.0 Å². The number of benzene rings is 3. The van der Waals surface area contributed by atoms with Gasteiger partial charge < -0.3 is 5.32 Å². The number of anilines is 1. The van der Waals surface area contributed by atoms with Gasteiger partial charge in [-0.1, -0.05) is 34.1 Å². The minimum atomic E-state index is -4.48. The van der Waals surface area contributed by atoms with Crippen LogP contribution in [-0.2, 0) is 11.9 Å². The van der Waals surface area contributed by atoms with Gasteiger partial charge in [0, 0.05) is 26.4 Å². The first-order valence-corrected chi connectivity index (χ1v) is 10.0. The third-order valence-corrected chi connectivity index (χ3v) is 5.49. The summed E-state index contributed by atoms with van der Waals surface area (Å²) in [6.45, 7) is 0. The SMILES string of the molecule is O=C(Nc1ccc(CSc2ccc(Br)cc2)cc1)c1cccc(C(F)(F)F)c1. The summed E-state index contributed by atoms with van der Waals surface area (Å²) < 4.78 is 39.4. The number of halogens is 4. The lowest BCUT2D eigenvalue weighted by Gasteiger charge is -2.10. The topological polar surface area (TPSA) is 29.1 Å². The van der Waals surface area contributed by atoms with Crippen molar-refractivity contribution >= 4 is 39.3 Å². The van der Waals surface area contributed by atoms with Crippen LogP contribution < -0.4 is 5.32 Å². The molecule has 0 bridgehead atoms. The Hall–Kier alpha value is -2.25. The molecule has 1 N–H and O–H groups in total. The molecule has 1 amide bonds. The first-order valence-electron chi connectivity index (χ1n) is 8.27. The molecule has 28 heavy (non-hydrogen) atoms. The summed E-state index contributed by atoms with van der Waals surface area (Å²) in [5.74, 6) is 0.187. The third kappa shape index (κ3) is 5.62. The largest absolute Gasteiger partial charge is 0.416 e. The zero-order chi connectivity index (χ0) is 20.1. The van der Waals surface area contributed by atoms with Gasteiger partial charge in [-0.05, 0) is 60.2 Å². The predicted octanol–water partition coefficient (Wildman–Crippen LogP) is 7.01. The van der Waals surface area contributed by atoms with Gasteiger partial charge in [0.15, 0.2) is 0 Å². The third-order valence-electron chi connectivity index (χ3n) is 3.88. The minimum absolute atomic E-state index is 0.0373. The van der Waals surface area contributed by atoms with E-state index in [2.05, 4.69) is 21.2 Å². The Labute approximate surface area is 173 Å². The standard InChI is InChI=1S/C21H15BrF3NOS/c22-17-6-10-19(11-7-17)28-13-14-4-8-18(9-5-14)26-20(27)15-2-1-3-16(12-15)21(23,24)25/h1-12H,13H2,(H,26,27). The second-order valence-electron chi connectivity index (χ2n) is 5.97. The summed E-state index contributed by atoms with van der Waals surface area (Å²) in [6, 6.07) is 19.6. The molecule has 0 unspecified atom stereocenters. The Kier molecular flexibility index (Phi) is 6.46. The van der Waals surface area contributed by atoms with Crippen LogP contribution in [-0.4, -0.2) is 5.91 Å². The zero-order valence-electron chi connectivity index (χ0n) is 14.5. The molecule has 0 fully saturated rings. The van der Waals surface area contributed by atoms with Crippen molar-refractivity contribution in [2.24, 2.45) is 0 Å². The van der Waals surface area contributed by atoms with Gasteiger partial charge >= 0.3 is 6.18 Å². The van der Waals surface area contributed by atoms with Crippen LogP contribution in [0.5, 0.6) is 0 Å². The van der Waals surface area contributed by atoms with E-state index in [1.165, 1.54) is 12.1 Å². The molecule has 3 rings (SSSR count). The maximum Gasteiger partial charge on any atom is 0.416 e. The van der Waals surface area contributed by atoms with Gasteiger partial charge in [0.1, 0.15) is 0 Å². The molecule has 0 spiro atoms. The van der Waals surface area contributed by atoms with E-state index in [1.807, 2.05) is 36.4 Å². The lowest BCUT2D eigenvalue weighted by Crippen LogP contribution is -2.13. The first-order chi connectivity index (χ1) is 13.3. The van der Waals surface area contributed by atoms with Crippen molar-refractivity contribution in [3.8, 4) is 0 Å². The number of carbonyl (C=O) groups excluding carboxylic acids is 1. The lowest BCUT2D eigenvalue weighted by molar-refractivity contribution is -0.137. The van der Waals surface area contributed by atoms with E-state index in [4.69, 9.17) is 0 Å². The minimum Gasteiger partial charge on any atom is -0.322 e. The Morgan fingerprint density at radius 1 is 0.964 bits per heavy atom. The second-order valence-corrected chi connectivity index (χ2v) is 7.94. The average molecular weight is 466 g/mol. The quantitative estimate of drug-likeness (QED) is 0.410. The number of carbonyl (C=O) groups is 1. The molecule has 0 radical (unpaired) electrons. The number of alkyl halides is 3. The molecule has 0 saturated heterocycles. The van der Waals surface area contributed by atoms with Crippen LogP contribution in [0.3, 0.4) is 0 Å². The van der Waals surface area contributed by atoms with Crippen molar-refractivity contribution in [3.63, 3.8) is 0 Å². The van der Waals surface area contributed by atoms with Crippen molar-refractivity contribution < 1.29 is 18.0 Å². The Morgan fingerprint density at radius 2 is 1.64 bits per heavy atom. The van der Waals surface area contributed by atoms with Crippen molar-refractivity contribution in [1.29, 1.82) is 0 Å². The van der Waals surface area contributed by atoms with E-state index in [1.54, 1.807) is 23.9 Å². The van der Waals surface area contributed by atoms with Crippen LogP contribution >= 0.6 is 27.7 Å². The number of nitrogens with one attached hydrogen (secondary N) is 1. The van der Waals surface area contributed by atoms with Crippen LogP contribution in [0.2, 0.25) is 0 Å². The number of amides is 1. The van der Waals surface area contributed by atoms with Crippen LogP contribution in [0.15, 0.2) is 82.2 Å². The molecule has 0 saturated carbocycles. The van der Waals surface area contributed by atoms with Gasteiger partial charge in [0.05, 0.1) is 5.56 Å². The van der Waals surface area contributed by atoms with Crippen LogP contribution in [0.1, 0.15) is 21.5 Å². The highest BCUT2D eigenvalue weighted by atomic mass is 79.9. The Balaban J connectivity index is 1.61. The van der Waals surface area contributed by atoms with Crippen molar-refractivity contribution in [1.82, 2.24) is 0 Å². The second kappa shape index (κ2) is 8.84. The molecule has 0 aliphatic rings. The van der Waals surface area contributed by atoms with E-state index in [-0.39, 0.29) is 5.56 Å². The maximum absolute atomic E-state index is 12.8. The Morgan fingerprint density at radius 3 is 2.29 bits per heavy atom. The molecule has 3 aromatic carbocycles. The molecule has 0 heterocycles. The molecule has 0 aromatic heterocycles. The summed E-state index contributed by atoms with van der Waals surface area (Å²) in [7, 11) is 0. The van der Waals surface area contributed by atoms with Crippen LogP contribution in [0.4, 0.5) is 18.9 Å². The highest BCUT2D eigenvalue weighted by Gasteiger charge is 2.30. The summed E-state index contributed by atoms with van der Waals surface area (Å²) in [6.07, 6.45) is -4.48. The number of hydrogen-bond acceptors (Lipinski definition) is 2. The normalized spacial score (nSPS) is 11.3. The monoisotopic (exact) mass is 465 g/mol. The first kappa shape index (κ1) is 20.5. The fourth-order valence-electron chi connectivity index (χ4n) is 2.42. The highest BCUT2D eigenvalue weighted by Crippen LogP contribution is 2.30. The summed E-state index contributed by atoms with van der Waals surface area (Å²) in [4.78, 5) is 13.4. The van der Waals surface area contributed by atoms with E-state index < -0.39 is 17.6 Å². The molecule has 0 aliphatic carbocycles. The van der Waals surface area contributed by atoms with E-state index in [0.717, 1.165) is 32.8 Å². The van der Waals surface area contributed by atoms with Crippen LogP contribution in [0.25, 0.3) is 0 Å². The maximum atomic E-state index is 12.8. The van der Waals surface area contributed by atoms with Gasteiger partial charge in [0.25, 0.3) is 5.91 Å². The molecule has 144 valence electrons. The molecule has 7 heteroatoms. The van der Waals surface area contributed by atoms with Gasteiger partial charge in [-0.2, -0.15) is 13.2 Å². The molecular formula is C21H15BrF3NOS. The average Bonchev–Trinajstić information content (AvgIpc) is 2.68. The van der Waals surface area contributed by atoms with Gasteiger partial charge in [0.2, 0.25) is 0 Å². The predicted molar refractivity (Wildman–Crippen MR) is 110 cm³/mol. The molecule has 2 nitrogen and oxygen atoms in total. The van der Waals surface area contributed by atoms with Gasteiger partial charge in [-0.15, -0.1) is 11.8 Å². The molecule has 0 atom stereocenters. The van der Waals surface area contributed by atoms with Gasteiger partial charge in [-0.25, -0.2) is 0 Å². The van der Waals surface area contributed by atoms with Crippen molar-refractivity contribution in [2.45, 2.75) is 16.8 Å². The highest BCUT2D eigenvalue weighted by molar-refractivity contribution is 9.10. The number of hydrogen-bond donors (Lipinski definition) is 1. The van der Waals surface area contributed by atoms with E-state index in [9.17, 15) is 18.0 Å². The number of thioether (sulfide) groups is 1. The van der Waals surface area contributed by atoms with E-state index >= 15 is 0 Å². The number of rotatable bonds is 5. The van der Waals surface area contributed by atoms with Crippen molar-refractivity contribution in [2.75, 3.05) is 5.32 Å². The molecular weight excluding hydrogens is 451 g/mol. The zero-order valence-corrected chi connectivity index (χ0v) is 16.9. The fraction of sp³-hybridized carbons (Fsp3) is 0.0952. The summed E-state index contributed by atoms with van der Waals surface area (Å²) >= 11 is 5.09. The van der Waals surface area contributed by atoms with Crippen LogP contribution in [0, 0.1) is 0 Å². The summed E-state index contributed by atoms with van der Waals surface area (Å²) in [5, 5.41) is 2.63. The smallest absolute Gasteiger partial charge is 0.322 e. The lowest BCUT2D eigenvalue weighted by atomic mass is 10.1. The van der Waals surface area contributed by atoms with E-state index in [0.29, 0.717) is 5.69 Å². The van der Waals surface area contributed by atoms with Gasteiger partial charge in [-0.3, -0.25) is 4.79 Å². The summed E-state index contributed by atoms with van der Waals surface area (Å²) in [5.41, 5.74) is 0.718. The fourth-order valence-corrected chi connectivity index (χ4v) is 3.54.